The van der Waals surface area contributed by atoms with Crippen LogP contribution in [0.3, 0.4) is 0 Å². The molecule has 0 fully saturated rings. The number of ether oxygens (including phenoxy) is 1. The van der Waals surface area contributed by atoms with Crippen LogP contribution in [0.4, 0.5) is 0 Å². The number of hydrogen-bond acceptors (Lipinski definition) is 3. The van der Waals surface area contributed by atoms with Crippen molar-refractivity contribution in [3.05, 3.63) is 51.7 Å². The highest BCUT2D eigenvalue weighted by Crippen LogP contribution is 2.31. The fourth-order valence-electron chi connectivity index (χ4n) is 2.28. The van der Waals surface area contributed by atoms with E-state index >= 15 is 0 Å². The van der Waals surface area contributed by atoms with Crippen molar-refractivity contribution in [1.29, 1.82) is 0 Å². The number of thiophene rings is 1. The van der Waals surface area contributed by atoms with E-state index in [2.05, 4.69) is 48.8 Å². The first kappa shape index (κ1) is 15.1. The number of aryl methyl sites for hydroxylation is 1. The van der Waals surface area contributed by atoms with Crippen LogP contribution in [0.2, 0.25) is 0 Å². The number of hydrogen-bond donors (Lipinski definition) is 1. The molecule has 0 saturated carbocycles. The van der Waals surface area contributed by atoms with Gasteiger partial charge in [-0.3, -0.25) is 0 Å². The maximum atomic E-state index is 5.62. The van der Waals surface area contributed by atoms with Gasteiger partial charge < -0.3 is 10.1 Å². The van der Waals surface area contributed by atoms with E-state index in [1.807, 2.05) is 24.3 Å². The lowest BCUT2D eigenvalue weighted by Crippen LogP contribution is -2.23. The van der Waals surface area contributed by atoms with E-state index in [1.165, 1.54) is 16.0 Å². The summed E-state index contributed by atoms with van der Waals surface area (Å²) in [4.78, 5) is 1.40. The zero-order valence-electron chi connectivity index (χ0n) is 12.5. The van der Waals surface area contributed by atoms with Crippen LogP contribution in [0, 0.1) is 6.92 Å². The van der Waals surface area contributed by atoms with E-state index < -0.39 is 0 Å². The van der Waals surface area contributed by atoms with Gasteiger partial charge in [-0.05, 0) is 61.5 Å². The van der Waals surface area contributed by atoms with Crippen LogP contribution < -0.4 is 10.1 Å². The molecule has 1 heterocycles. The number of rotatable bonds is 7. The quantitative estimate of drug-likeness (QED) is 0.807. The van der Waals surface area contributed by atoms with E-state index in [0.29, 0.717) is 6.61 Å². The van der Waals surface area contributed by atoms with Crippen LogP contribution in [0.25, 0.3) is 0 Å². The van der Waals surface area contributed by atoms with E-state index in [9.17, 15) is 0 Å². The normalized spacial score (nSPS) is 12.3. The van der Waals surface area contributed by atoms with Crippen LogP contribution in [-0.4, -0.2) is 13.2 Å². The summed E-state index contributed by atoms with van der Waals surface area (Å²) in [6.07, 6.45) is 1.13. The molecule has 0 bridgehead atoms. The molecule has 0 radical (unpaired) electrons. The van der Waals surface area contributed by atoms with Crippen LogP contribution in [-0.2, 0) is 0 Å². The minimum absolute atomic E-state index is 0.260. The molecule has 2 rings (SSSR count). The smallest absolute Gasteiger partial charge is 0.119 e. The number of nitrogens with one attached hydrogen (secondary N) is 1. The van der Waals surface area contributed by atoms with Crippen LogP contribution in [0.5, 0.6) is 5.75 Å². The molecule has 1 atom stereocenters. The second-order valence-electron chi connectivity index (χ2n) is 4.86. The second kappa shape index (κ2) is 7.46. The van der Waals surface area contributed by atoms with E-state index in [0.717, 1.165) is 18.7 Å². The van der Waals surface area contributed by atoms with E-state index in [4.69, 9.17) is 4.74 Å². The summed E-state index contributed by atoms with van der Waals surface area (Å²) < 4.78 is 5.62. The highest BCUT2D eigenvalue weighted by Gasteiger charge is 2.17. The first-order valence-corrected chi connectivity index (χ1v) is 8.14. The molecule has 3 heteroatoms. The topological polar surface area (TPSA) is 21.3 Å². The Kier molecular flexibility index (Phi) is 5.62. The average Bonchev–Trinajstić information content (AvgIpc) is 2.87. The molecule has 1 aromatic carbocycles. The largest absolute Gasteiger partial charge is 0.494 e. The Morgan fingerprint density at radius 2 is 2.10 bits per heavy atom. The summed E-state index contributed by atoms with van der Waals surface area (Å²) >= 11 is 1.82. The Morgan fingerprint density at radius 3 is 2.75 bits per heavy atom. The molecule has 0 spiro atoms. The molecule has 1 unspecified atom stereocenters. The standard InChI is InChI=1S/C17H23NOS/c1-4-10-18-16(17-13(3)9-11-20-17)14-7-6-8-15(12-14)19-5-2/h6-9,11-12,16,18H,4-5,10H2,1-3H3. The van der Waals surface area contributed by atoms with Crippen molar-refractivity contribution < 1.29 is 4.74 Å². The van der Waals surface area contributed by atoms with Gasteiger partial charge in [-0.1, -0.05) is 19.1 Å². The molecule has 20 heavy (non-hydrogen) atoms. The van der Waals surface area contributed by atoms with Gasteiger partial charge >= 0.3 is 0 Å². The van der Waals surface area contributed by atoms with Gasteiger partial charge in [0.15, 0.2) is 0 Å². The summed E-state index contributed by atoms with van der Waals surface area (Å²) in [6, 6.07) is 10.9. The Bertz CT molecular complexity index is 535. The third-order valence-corrected chi connectivity index (χ3v) is 4.35. The molecule has 108 valence electrons. The van der Waals surface area contributed by atoms with E-state index in [1.54, 1.807) is 0 Å². The molecule has 0 aliphatic heterocycles. The zero-order chi connectivity index (χ0) is 14.4. The monoisotopic (exact) mass is 289 g/mol. The van der Waals surface area contributed by atoms with Crippen molar-refractivity contribution in [2.45, 2.75) is 33.2 Å². The third kappa shape index (κ3) is 3.62. The predicted molar refractivity (Wildman–Crippen MR) is 86.8 cm³/mol. The third-order valence-electron chi connectivity index (χ3n) is 3.26. The van der Waals surface area contributed by atoms with Gasteiger partial charge in [0.2, 0.25) is 0 Å². The number of benzene rings is 1. The van der Waals surface area contributed by atoms with Crippen LogP contribution >= 0.6 is 11.3 Å². The van der Waals surface area contributed by atoms with E-state index in [-0.39, 0.29) is 6.04 Å². The molecule has 1 N–H and O–H groups in total. The Labute approximate surface area is 125 Å². The maximum absolute atomic E-state index is 5.62. The van der Waals surface area contributed by atoms with Gasteiger partial charge in [-0.2, -0.15) is 0 Å². The second-order valence-corrected chi connectivity index (χ2v) is 5.81. The van der Waals surface area contributed by atoms with Gasteiger partial charge in [0.25, 0.3) is 0 Å². The SMILES string of the molecule is CCCNC(c1cccc(OCC)c1)c1sccc1C. The van der Waals surface area contributed by atoms with Gasteiger partial charge in [-0.25, -0.2) is 0 Å². The Morgan fingerprint density at radius 1 is 1.25 bits per heavy atom. The minimum atomic E-state index is 0.260. The molecular formula is C17H23NOS. The lowest BCUT2D eigenvalue weighted by molar-refractivity contribution is 0.339. The fourth-order valence-corrected chi connectivity index (χ4v) is 3.31. The summed E-state index contributed by atoms with van der Waals surface area (Å²) in [5.41, 5.74) is 2.63. The molecule has 0 amide bonds. The average molecular weight is 289 g/mol. The highest BCUT2D eigenvalue weighted by atomic mass is 32.1. The molecule has 0 saturated heterocycles. The molecule has 0 aliphatic carbocycles. The van der Waals surface area contributed by atoms with Crippen LogP contribution in [0.15, 0.2) is 35.7 Å². The molecule has 0 aliphatic rings. The summed E-state index contributed by atoms with van der Waals surface area (Å²) in [6.45, 7) is 8.11. The fraction of sp³-hybridized carbons (Fsp3) is 0.412. The summed E-state index contributed by atoms with van der Waals surface area (Å²) in [7, 11) is 0. The summed E-state index contributed by atoms with van der Waals surface area (Å²) in [5, 5.41) is 5.82. The Balaban J connectivity index is 2.31. The van der Waals surface area contributed by atoms with Crippen molar-refractivity contribution in [1.82, 2.24) is 5.32 Å². The zero-order valence-corrected chi connectivity index (χ0v) is 13.3. The lowest BCUT2D eigenvalue weighted by atomic mass is 10.0. The van der Waals surface area contributed by atoms with Crippen molar-refractivity contribution in [2.75, 3.05) is 13.2 Å². The molecular weight excluding hydrogens is 266 g/mol. The first-order valence-electron chi connectivity index (χ1n) is 7.26. The van der Waals surface area contributed by atoms with Gasteiger partial charge in [0.05, 0.1) is 12.6 Å². The Hall–Kier alpha value is -1.32. The van der Waals surface area contributed by atoms with Gasteiger partial charge in [0, 0.05) is 4.88 Å². The molecule has 1 aromatic heterocycles. The molecule has 2 nitrogen and oxygen atoms in total. The van der Waals surface area contributed by atoms with Crippen molar-refractivity contribution in [2.24, 2.45) is 0 Å². The first-order chi connectivity index (χ1) is 9.76. The predicted octanol–water partition coefficient (Wildman–Crippen LogP) is 4.54. The van der Waals surface area contributed by atoms with Gasteiger partial charge in [-0.15, -0.1) is 11.3 Å². The van der Waals surface area contributed by atoms with Crippen molar-refractivity contribution in [3.8, 4) is 5.75 Å². The van der Waals surface area contributed by atoms with Crippen molar-refractivity contribution in [3.63, 3.8) is 0 Å². The summed E-state index contributed by atoms with van der Waals surface area (Å²) in [5.74, 6) is 0.947. The van der Waals surface area contributed by atoms with Crippen LogP contribution in [0.1, 0.15) is 42.3 Å². The minimum Gasteiger partial charge on any atom is -0.494 e. The van der Waals surface area contributed by atoms with Gasteiger partial charge in [0.1, 0.15) is 5.75 Å². The lowest BCUT2D eigenvalue weighted by Gasteiger charge is -2.19. The highest BCUT2D eigenvalue weighted by molar-refractivity contribution is 7.10. The van der Waals surface area contributed by atoms with Crippen molar-refractivity contribution >= 4 is 11.3 Å². The molecule has 2 aromatic rings. The maximum Gasteiger partial charge on any atom is 0.119 e.